The van der Waals surface area contributed by atoms with Crippen molar-refractivity contribution >= 4 is 28.5 Å². The predicted molar refractivity (Wildman–Crippen MR) is 76.8 cm³/mol. The molecule has 3 aromatic rings. The van der Waals surface area contributed by atoms with E-state index in [0.717, 1.165) is 4.90 Å². The molecule has 0 saturated heterocycles. The van der Waals surface area contributed by atoms with E-state index in [4.69, 9.17) is 0 Å². The Morgan fingerprint density at radius 3 is 2.60 bits per heavy atom. The largest absolute Gasteiger partial charge is 0.302 e. The van der Waals surface area contributed by atoms with E-state index in [1.165, 1.54) is 18.0 Å². The topological polar surface area (TPSA) is 68.9 Å². The molecule has 6 heteroatoms. The van der Waals surface area contributed by atoms with E-state index in [0.29, 0.717) is 15.9 Å². The van der Waals surface area contributed by atoms with Gasteiger partial charge in [0.1, 0.15) is 11.1 Å². The van der Waals surface area contributed by atoms with Crippen LogP contribution in [0.15, 0.2) is 64.6 Å². The Bertz CT molecular complexity index is 778. The van der Waals surface area contributed by atoms with Crippen LogP contribution in [0, 0.1) is 10.1 Å². The van der Waals surface area contributed by atoms with Crippen LogP contribution in [0.5, 0.6) is 0 Å². The number of hydrogen-bond donors (Lipinski definition) is 0. The van der Waals surface area contributed by atoms with Crippen molar-refractivity contribution in [3.63, 3.8) is 0 Å². The van der Waals surface area contributed by atoms with E-state index in [1.54, 1.807) is 18.3 Å². The highest BCUT2D eigenvalue weighted by Crippen LogP contribution is 2.38. The first-order valence-electron chi connectivity index (χ1n) is 5.87. The molecular formula is C14H9N3O2S. The minimum atomic E-state index is -0.412. The van der Waals surface area contributed by atoms with Crippen LogP contribution in [0.1, 0.15) is 0 Å². The fraction of sp³-hybridized carbons (Fsp3) is 0. The van der Waals surface area contributed by atoms with E-state index >= 15 is 0 Å². The zero-order valence-corrected chi connectivity index (χ0v) is 11.1. The lowest BCUT2D eigenvalue weighted by Crippen LogP contribution is -1.95. The van der Waals surface area contributed by atoms with Gasteiger partial charge in [-0.1, -0.05) is 30.0 Å². The molecule has 0 spiro atoms. The van der Waals surface area contributed by atoms with Crippen molar-refractivity contribution in [3.05, 3.63) is 65.0 Å². The van der Waals surface area contributed by atoms with E-state index in [-0.39, 0.29) is 5.69 Å². The van der Waals surface area contributed by atoms with Crippen LogP contribution in [-0.2, 0) is 0 Å². The summed E-state index contributed by atoms with van der Waals surface area (Å²) in [5, 5.41) is 11.9. The van der Waals surface area contributed by atoms with E-state index < -0.39 is 4.92 Å². The zero-order chi connectivity index (χ0) is 13.9. The van der Waals surface area contributed by atoms with Gasteiger partial charge in [0.15, 0.2) is 5.65 Å². The van der Waals surface area contributed by atoms with Gasteiger partial charge in [-0.3, -0.25) is 10.1 Å². The van der Waals surface area contributed by atoms with Gasteiger partial charge in [-0.2, -0.15) is 0 Å². The van der Waals surface area contributed by atoms with Crippen molar-refractivity contribution in [2.24, 2.45) is 0 Å². The summed E-state index contributed by atoms with van der Waals surface area (Å²) in [5.74, 6) is 0. The van der Waals surface area contributed by atoms with Gasteiger partial charge in [-0.25, -0.2) is 9.97 Å². The average Bonchev–Trinajstić information content (AvgIpc) is 2.48. The second-order valence-electron chi connectivity index (χ2n) is 4.02. The summed E-state index contributed by atoms with van der Waals surface area (Å²) in [4.78, 5) is 20.5. The molecule has 98 valence electrons. The Hall–Kier alpha value is -2.47. The number of fused-ring (bicyclic) bond motifs is 1. The minimum absolute atomic E-state index is 0.000599. The molecule has 0 bridgehead atoms. The van der Waals surface area contributed by atoms with Crippen molar-refractivity contribution in [3.8, 4) is 0 Å². The predicted octanol–water partition coefficient (Wildman–Crippen LogP) is 3.69. The maximum absolute atomic E-state index is 11.2. The number of hydrogen-bond acceptors (Lipinski definition) is 5. The molecule has 0 aliphatic rings. The molecule has 0 fully saturated rings. The quantitative estimate of drug-likeness (QED) is 0.541. The van der Waals surface area contributed by atoms with E-state index in [1.807, 2.05) is 30.3 Å². The van der Waals surface area contributed by atoms with Crippen molar-refractivity contribution in [1.29, 1.82) is 0 Å². The number of pyridine rings is 2. The van der Waals surface area contributed by atoms with Gasteiger partial charge in [0.05, 0.1) is 4.92 Å². The molecule has 0 aliphatic carbocycles. The Kier molecular flexibility index (Phi) is 3.30. The number of rotatable bonds is 3. The van der Waals surface area contributed by atoms with Gasteiger partial charge in [-0.05, 0) is 24.3 Å². The Morgan fingerprint density at radius 2 is 1.85 bits per heavy atom. The normalized spacial score (nSPS) is 10.6. The smallest absolute Gasteiger partial charge is 0.258 e. The van der Waals surface area contributed by atoms with Crippen LogP contribution in [0.4, 0.5) is 5.69 Å². The number of benzene rings is 1. The fourth-order valence-electron chi connectivity index (χ4n) is 1.84. The number of aromatic nitrogens is 2. The molecular weight excluding hydrogens is 274 g/mol. The minimum Gasteiger partial charge on any atom is -0.258 e. The van der Waals surface area contributed by atoms with Crippen molar-refractivity contribution in [2.75, 3.05) is 0 Å². The summed E-state index contributed by atoms with van der Waals surface area (Å²) >= 11 is 1.35. The molecule has 20 heavy (non-hydrogen) atoms. The Balaban J connectivity index is 2.20. The molecule has 0 N–H and O–H groups in total. The lowest BCUT2D eigenvalue weighted by Gasteiger charge is -2.06. The molecule has 0 aliphatic heterocycles. The molecule has 2 aromatic heterocycles. The summed E-state index contributed by atoms with van der Waals surface area (Å²) in [7, 11) is 0. The van der Waals surface area contributed by atoms with E-state index in [2.05, 4.69) is 9.97 Å². The van der Waals surface area contributed by atoms with Crippen LogP contribution in [-0.4, -0.2) is 14.9 Å². The Labute approximate surface area is 118 Å². The summed E-state index contributed by atoms with van der Waals surface area (Å²) in [5.41, 5.74) is 0.510. The molecule has 0 unspecified atom stereocenters. The van der Waals surface area contributed by atoms with Crippen LogP contribution >= 0.6 is 11.8 Å². The first-order valence-corrected chi connectivity index (χ1v) is 6.68. The van der Waals surface area contributed by atoms with Crippen LogP contribution < -0.4 is 0 Å². The first kappa shape index (κ1) is 12.6. The van der Waals surface area contributed by atoms with Gasteiger partial charge in [-0.15, -0.1) is 0 Å². The molecule has 2 heterocycles. The molecule has 1 aromatic carbocycles. The number of nitrogens with zero attached hydrogens (tertiary/aromatic N) is 3. The van der Waals surface area contributed by atoms with Gasteiger partial charge >= 0.3 is 5.69 Å². The van der Waals surface area contributed by atoms with Crippen molar-refractivity contribution < 1.29 is 4.92 Å². The molecule has 5 nitrogen and oxygen atoms in total. The SMILES string of the molecule is O=[N+]([O-])c1cnc2ncccc2c1Sc1ccccc1. The molecule has 3 rings (SSSR count). The fourth-order valence-corrected chi connectivity index (χ4v) is 2.87. The average molecular weight is 283 g/mol. The van der Waals surface area contributed by atoms with E-state index in [9.17, 15) is 10.1 Å². The van der Waals surface area contributed by atoms with Gasteiger partial charge in [0.25, 0.3) is 0 Å². The van der Waals surface area contributed by atoms with Gasteiger partial charge < -0.3 is 0 Å². The monoisotopic (exact) mass is 283 g/mol. The first-order chi connectivity index (χ1) is 9.75. The lowest BCUT2D eigenvalue weighted by atomic mass is 10.3. The lowest BCUT2D eigenvalue weighted by molar-refractivity contribution is -0.387. The highest BCUT2D eigenvalue weighted by molar-refractivity contribution is 7.99. The number of nitro groups is 1. The third-order valence-corrected chi connectivity index (χ3v) is 3.87. The van der Waals surface area contributed by atoms with Gasteiger partial charge in [0.2, 0.25) is 0 Å². The van der Waals surface area contributed by atoms with Crippen LogP contribution in [0.25, 0.3) is 11.0 Å². The Morgan fingerprint density at radius 1 is 1.05 bits per heavy atom. The standard InChI is InChI=1S/C14H9N3O2S/c18-17(19)12-9-16-14-11(7-4-8-15-14)13(12)20-10-5-2-1-3-6-10/h1-9H. The van der Waals surface area contributed by atoms with Crippen LogP contribution in [0.3, 0.4) is 0 Å². The van der Waals surface area contributed by atoms with Crippen molar-refractivity contribution in [1.82, 2.24) is 9.97 Å². The molecule has 0 saturated carbocycles. The highest BCUT2D eigenvalue weighted by atomic mass is 32.2. The molecule has 0 radical (unpaired) electrons. The summed E-state index contributed by atoms with van der Waals surface area (Å²) in [6.45, 7) is 0. The van der Waals surface area contributed by atoms with Crippen molar-refractivity contribution in [2.45, 2.75) is 9.79 Å². The summed E-state index contributed by atoms with van der Waals surface area (Å²) in [6.07, 6.45) is 2.89. The van der Waals surface area contributed by atoms with Crippen LogP contribution in [0.2, 0.25) is 0 Å². The third-order valence-electron chi connectivity index (χ3n) is 2.73. The highest BCUT2D eigenvalue weighted by Gasteiger charge is 2.19. The molecule has 0 atom stereocenters. The molecule has 0 amide bonds. The third kappa shape index (κ3) is 2.33. The maximum Gasteiger partial charge on any atom is 0.302 e. The van der Waals surface area contributed by atoms with Gasteiger partial charge in [0, 0.05) is 16.5 Å². The summed E-state index contributed by atoms with van der Waals surface area (Å²) < 4.78 is 0. The second-order valence-corrected chi connectivity index (χ2v) is 5.10. The summed E-state index contributed by atoms with van der Waals surface area (Å²) in [6, 6.07) is 13.1. The zero-order valence-electron chi connectivity index (χ0n) is 10.3. The second kappa shape index (κ2) is 5.26. The maximum atomic E-state index is 11.2.